The van der Waals surface area contributed by atoms with E-state index < -0.39 is 17.3 Å². The number of carbonyl (C=O) groups excluding carboxylic acids is 1. The number of fused-ring (bicyclic) bond motifs is 4. The van der Waals surface area contributed by atoms with Crippen molar-refractivity contribution in [3.05, 3.63) is 82.5 Å². The molecule has 6 nitrogen and oxygen atoms in total. The summed E-state index contributed by atoms with van der Waals surface area (Å²) in [5.74, 6) is -0.959. The van der Waals surface area contributed by atoms with Gasteiger partial charge in [0.1, 0.15) is 22.5 Å². The Morgan fingerprint density at radius 1 is 1.03 bits per heavy atom. The minimum Gasteiger partial charge on any atom is -0.422 e. The highest BCUT2D eigenvalue weighted by atomic mass is 35.5. The fourth-order valence-corrected chi connectivity index (χ4v) is 5.02. The number of hydrogen-bond acceptors (Lipinski definition) is 6. The second kappa shape index (κ2) is 10.1. The molecule has 2 aromatic heterocycles. The second-order valence-electron chi connectivity index (χ2n) is 8.34. The van der Waals surface area contributed by atoms with E-state index in [0.29, 0.717) is 33.8 Å². The smallest absolute Gasteiger partial charge is 0.349 e. The molecule has 35 heavy (non-hydrogen) atoms. The van der Waals surface area contributed by atoms with Gasteiger partial charge in [0.25, 0.3) is 5.91 Å². The number of thiazole rings is 1. The van der Waals surface area contributed by atoms with Gasteiger partial charge >= 0.3 is 5.63 Å². The van der Waals surface area contributed by atoms with Crippen LogP contribution in [-0.4, -0.2) is 43.0 Å². The van der Waals surface area contributed by atoms with Gasteiger partial charge in [-0.1, -0.05) is 47.7 Å². The molecule has 2 heterocycles. The van der Waals surface area contributed by atoms with Crippen molar-refractivity contribution in [2.24, 2.45) is 0 Å². The topological polar surface area (TPSA) is 66.7 Å². The van der Waals surface area contributed by atoms with Crippen LogP contribution in [0.25, 0.3) is 32.0 Å². The maximum Gasteiger partial charge on any atom is 0.349 e. The summed E-state index contributed by atoms with van der Waals surface area (Å²) in [5, 5.41) is 2.90. The second-order valence-corrected chi connectivity index (χ2v) is 9.35. The predicted octanol–water partition coefficient (Wildman–Crippen LogP) is 5.72. The molecular weight excluding hydrogens is 489 g/mol. The number of hydrogen-bond donors (Lipinski definition) is 0. The Morgan fingerprint density at radius 2 is 1.83 bits per heavy atom. The lowest BCUT2D eigenvalue weighted by atomic mass is 10.0. The van der Waals surface area contributed by atoms with E-state index in [1.54, 1.807) is 24.3 Å². The van der Waals surface area contributed by atoms with Crippen LogP contribution in [0.3, 0.4) is 0 Å². The molecular formula is C26H23ClFN3O3S. The number of aromatic nitrogens is 1. The van der Waals surface area contributed by atoms with E-state index in [2.05, 4.69) is 4.98 Å². The molecule has 180 valence electrons. The highest BCUT2D eigenvalue weighted by Gasteiger charge is 2.25. The fourth-order valence-electron chi connectivity index (χ4n) is 4.01. The number of rotatable bonds is 6. The van der Waals surface area contributed by atoms with Crippen LogP contribution in [0.5, 0.6) is 0 Å². The molecule has 5 aromatic rings. The Kier molecular flexibility index (Phi) is 7.16. The molecule has 0 atom stereocenters. The average molecular weight is 512 g/mol. The molecule has 3 aromatic carbocycles. The Labute approximate surface area is 211 Å². The van der Waals surface area contributed by atoms with Gasteiger partial charge < -0.3 is 9.32 Å². The molecule has 0 bridgehead atoms. The van der Waals surface area contributed by atoms with Gasteiger partial charge in [-0.25, -0.2) is 14.2 Å². The molecule has 0 radical (unpaired) electrons. The van der Waals surface area contributed by atoms with E-state index in [9.17, 15) is 14.0 Å². The molecule has 9 heteroatoms. The van der Waals surface area contributed by atoms with Crippen molar-refractivity contribution in [1.82, 2.24) is 9.88 Å². The standard InChI is InChI=1S/C26H22FN3O3S.ClH/c1-29(2)13-6-14-30(26-28-23-20(27)9-5-10-22(23)34-26)24(31)19-15-18-17-8-4-3-7-16(17)11-12-21(18)33-25(19)32;/h3-5,7-12,15H,6,13-14H2,1-2H3;1H. The van der Waals surface area contributed by atoms with Gasteiger partial charge in [-0.2, -0.15) is 0 Å². The highest BCUT2D eigenvalue weighted by Crippen LogP contribution is 2.32. The molecule has 0 spiro atoms. The maximum absolute atomic E-state index is 14.3. The van der Waals surface area contributed by atoms with Crippen LogP contribution < -0.4 is 10.5 Å². The van der Waals surface area contributed by atoms with Crippen molar-refractivity contribution in [1.29, 1.82) is 0 Å². The lowest BCUT2D eigenvalue weighted by molar-refractivity contribution is 0.0982. The first-order valence-corrected chi connectivity index (χ1v) is 11.7. The van der Waals surface area contributed by atoms with Gasteiger partial charge in [0, 0.05) is 11.9 Å². The quantitative estimate of drug-likeness (QED) is 0.215. The summed E-state index contributed by atoms with van der Waals surface area (Å²) in [4.78, 5) is 34.4. The van der Waals surface area contributed by atoms with Gasteiger partial charge in [-0.15, -0.1) is 12.4 Å². The Hall–Kier alpha value is -3.33. The van der Waals surface area contributed by atoms with E-state index >= 15 is 0 Å². The summed E-state index contributed by atoms with van der Waals surface area (Å²) in [6.07, 6.45) is 0.652. The summed E-state index contributed by atoms with van der Waals surface area (Å²) in [7, 11) is 3.89. The zero-order chi connectivity index (χ0) is 23.8. The Balaban J connectivity index is 0.00000289. The minimum atomic E-state index is -0.710. The van der Waals surface area contributed by atoms with Crippen LogP contribution >= 0.6 is 23.7 Å². The number of anilines is 1. The number of carbonyl (C=O) groups is 1. The molecule has 0 aliphatic carbocycles. The van der Waals surface area contributed by atoms with E-state index in [-0.39, 0.29) is 23.5 Å². The normalized spacial score (nSPS) is 11.3. The van der Waals surface area contributed by atoms with Gasteiger partial charge in [0.15, 0.2) is 5.13 Å². The summed E-state index contributed by atoms with van der Waals surface area (Å²) in [6, 6.07) is 17.6. The van der Waals surface area contributed by atoms with Gasteiger partial charge in [-0.05, 0) is 62.1 Å². The highest BCUT2D eigenvalue weighted by molar-refractivity contribution is 7.22. The first-order chi connectivity index (χ1) is 16.4. The van der Waals surface area contributed by atoms with Crippen molar-refractivity contribution < 1.29 is 13.6 Å². The van der Waals surface area contributed by atoms with Crippen molar-refractivity contribution >= 4 is 66.7 Å². The summed E-state index contributed by atoms with van der Waals surface area (Å²) >= 11 is 1.22. The molecule has 0 aliphatic heterocycles. The van der Waals surface area contributed by atoms with Crippen molar-refractivity contribution in [2.75, 3.05) is 32.1 Å². The maximum atomic E-state index is 14.3. The molecule has 0 saturated heterocycles. The van der Waals surface area contributed by atoms with Crippen LogP contribution in [0.4, 0.5) is 9.52 Å². The minimum absolute atomic E-state index is 0. The number of benzene rings is 3. The van der Waals surface area contributed by atoms with Crippen molar-refractivity contribution in [3.63, 3.8) is 0 Å². The zero-order valence-electron chi connectivity index (χ0n) is 19.2. The lowest BCUT2D eigenvalue weighted by Gasteiger charge is -2.20. The number of amides is 1. The van der Waals surface area contributed by atoms with Gasteiger partial charge in [0.2, 0.25) is 0 Å². The molecule has 0 saturated carbocycles. The van der Waals surface area contributed by atoms with Crippen LogP contribution in [0.15, 0.2) is 69.9 Å². The predicted molar refractivity (Wildman–Crippen MR) is 142 cm³/mol. The van der Waals surface area contributed by atoms with Crippen LogP contribution in [0, 0.1) is 5.82 Å². The molecule has 0 aliphatic rings. The SMILES string of the molecule is CN(C)CCCN(C(=O)c1cc2c(ccc3ccccc32)oc1=O)c1nc2c(F)cccc2s1.Cl. The first-order valence-electron chi connectivity index (χ1n) is 10.9. The van der Waals surface area contributed by atoms with Crippen molar-refractivity contribution in [3.8, 4) is 0 Å². The molecule has 0 unspecified atom stereocenters. The summed E-state index contributed by atoms with van der Waals surface area (Å²) in [5.41, 5.74) is -0.156. The van der Waals surface area contributed by atoms with Crippen LogP contribution in [-0.2, 0) is 0 Å². The third kappa shape index (κ3) is 4.77. The van der Waals surface area contributed by atoms with Crippen LogP contribution in [0.2, 0.25) is 0 Å². The first kappa shape index (κ1) is 24.8. The molecule has 0 N–H and O–H groups in total. The summed E-state index contributed by atoms with van der Waals surface area (Å²) < 4.78 is 20.5. The Bertz CT molecular complexity index is 1600. The monoisotopic (exact) mass is 511 g/mol. The number of nitrogens with zero attached hydrogens (tertiary/aromatic N) is 3. The van der Waals surface area contributed by atoms with Gasteiger partial charge in [0.05, 0.1) is 4.70 Å². The zero-order valence-corrected chi connectivity index (χ0v) is 20.8. The third-order valence-electron chi connectivity index (χ3n) is 5.69. The largest absolute Gasteiger partial charge is 0.422 e. The van der Waals surface area contributed by atoms with Crippen LogP contribution in [0.1, 0.15) is 16.8 Å². The molecule has 5 rings (SSSR count). The van der Waals surface area contributed by atoms with Crippen molar-refractivity contribution in [2.45, 2.75) is 6.42 Å². The number of para-hydroxylation sites is 1. The van der Waals surface area contributed by atoms with E-state index in [1.165, 1.54) is 22.3 Å². The third-order valence-corrected chi connectivity index (χ3v) is 6.74. The average Bonchev–Trinajstić information content (AvgIpc) is 3.26. The fraction of sp³-hybridized carbons (Fsp3) is 0.192. The Morgan fingerprint density at radius 3 is 2.60 bits per heavy atom. The summed E-state index contributed by atoms with van der Waals surface area (Å²) in [6.45, 7) is 1.06. The van der Waals surface area contributed by atoms with E-state index in [1.807, 2.05) is 49.3 Å². The number of halogens is 2. The molecule has 1 amide bonds. The lowest BCUT2D eigenvalue weighted by Crippen LogP contribution is -2.36. The van der Waals surface area contributed by atoms with E-state index in [4.69, 9.17) is 4.42 Å². The van der Waals surface area contributed by atoms with Gasteiger partial charge in [-0.3, -0.25) is 9.69 Å². The van der Waals surface area contributed by atoms with E-state index in [0.717, 1.165) is 17.3 Å². The molecule has 0 fully saturated rings.